The van der Waals surface area contributed by atoms with Gasteiger partial charge in [-0.1, -0.05) is 54.6 Å². The monoisotopic (exact) mass is 322 g/mol. The summed E-state index contributed by atoms with van der Waals surface area (Å²) in [6.45, 7) is 4.10. The fraction of sp³-hybridized carbons (Fsp3) is 0.381. The number of hydrogen-bond donors (Lipinski definition) is 1. The molecule has 126 valence electrons. The molecule has 24 heavy (non-hydrogen) atoms. The van der Waals surface area contributed by atoms with Crippen LogP contribution in [0.2, 0.25) is 0 Å². The van der Waals surface area contributed by atoms with E-state index in [9.17, 15) is 4.79 Å². The highest BCUT2D eigenvalue weighted by atomic mass is 16.1. The Morgan fingerprint density at radius 2 is 1.67 bits per heavy atom. The van der Waals surface area contributed by atoms with Gasteiger partial charge in [0.05, 0.1) is 6.04 Å². The first-order valence-electron chi connectivity index (χ1n) is 8.74. The van der Waals surface area contributed by atoms with Crippen molar-refractivity contribution in [2.45, 2.75) is 25.8 Å². The van der Waals surface area contributed by atoms with Crippen molar-refractivity contribution in [3.63, 3.8) is 0 Å². The molecule has 3 nitrogen and oxygen atoms in total. The van der Waals surface area contributed by atoms with E-state index in [2.05, 4.69) is 48.5 Å². The first-order chi connectivity index (χ1) is 11.6. The summed E-state index contributed by atoms with van der Waals surface area (Å²) in [5.74, 6) is 0.302. The third-order valence-electron chi connectivity index (χ3n) is 5.01. The van der Waals surface area contributed by atoms with Crippen LogP contribution in [0.3, 0.4) is 0 Å². The van der Waals surface area contributed by atoms with Crippen molar-refractivity contribution < 1.29 is 4.79 Å². The van der Waals surface area contributed by atoms with Crippen LogP contribution < -0.4 is 5.32 Å². The number of piperidine rings is 1. The summed E-state index contributed by atoms with van der Waals surface area (Å²) in [5.41, 5.74) is 3.51. The molecule has 1 amide bonds. The smallest absolute Gasteiger partial charge is 0.223 e. The van der Waals surface area contributed by atoms with Crippen LogP contribution in [0.25, 0.3) is 0 Å². The molecule has 1 fully saturated rings. The fourth-order valence-electron chi connectivity index (χ4n) is 3.43. The fourth-order valence-corrected chi connectivity index (χ4v) is 3.43. The SMILES string of the molecule is Cc1ccccc1[C@@H](NC(=O)C1CCN(C)CC1)c1ccccc1. The summed E-state index contributed by atoms with van der Waals surface area (Å²) < 4.78 is 0. The van der Waals surface area contributed by atoms with Gasteiger partial charge >= 0.3 is 0 Å². The highest BCUT2D eigenvalue weighted by Crippen LogP contribution is 2.26. The zero-order valence-electron chi connectivity index (χ0n) is 14.5. The van der Waals surface area contributed by atoms with Crippen molar-refractivity contribution in [1.82, 2.24) is 10.2 Å². The van der Waals surface area contributed by atoms with Gasteiger partial charge in [0.1, 0.15) is 0 Å². The predicted octanol–water partition coefficient (Wildman–Crippen LogP) is 3.54. The van der Waals surface area contributed by atoms with E-state index >= 15 is 0 Å². The molecule has 2 aromatic rings. The van der Waals surface area contributed by atoms with Gasteiger partial charge in [0.2, 0.25) is 5.91 Å². The summed E-state index contributed by atoms with van der Waals surface area (Å²) in [6.07, 6.45) is 1.88. The first-order valence-corrected chi connectivity index (χ1v) is 8.74. The highest BCUT2D eigenvalue weighted by molar-refractivity contribution is 5.79. The van der Waals surface area contributed by atoms with Crippen LogP contribution in [-0.2, 0) is 4.79 Å². The second-order valence-corrected chi connectivity index (χ2v) is 6.79. The molecule has 1 heterocycles. The van der Waals surface area contributed by atoms with Crippen LogP contribution in [0.5, 0.6) is 0 Å². The maximum atomic E-state index is 12.8. The molecule has 3 rings (SSSR count). The summed E-state index contributed by atoms with van der Waals surface area (Å²) in [6, 6.07) is 18.5. The minimum Gasteiger partial charge on any atom is -0.345 e. The molecule has 0 radical (unpaired) electrons. The Labute approximate surface area is 144 Å². The zero-order valence-corrected chi connectivity index (χ0v) is 14.5. The first kappa shape index (κ1) is 16.7. The Bertz CT molecular complexity index is 675. The number of aryl methyl sites for hydroxylation is 1. The van der Waals surface area contributed by atoms with Gasteiger partial charge in [0, 0.05) is 5.92 Å². The van der Waals surface area contributed by atoms with Crippen LogP contribution in [0.1, 0.15) is 35.6 Å². The number of benzene rings is 2. The lowest BCUT2D eigenvalue weighted by atomic mass is 9.92. The number of amides is 1. The molecule has 0 saturated carbocycles. The van der Waals surface area contributed by atoms with E-state index in [1.165, 1.54) is 11.1 Å². The topological polar surface area (TPSA) is 32.3 Å². The molecule has 1 aliphatic heterocycles. The molecule has 3 heteroatoms. The molecule has 1 N–H and O–H groups in total. The zero-order chi connectivity index (χ0) is 16.9. The van der Waals surface area contributed by atoms with Crippen molar-refractivity contribution in [2.24, 2.45) is 5.92 Å². The van der Waals surface area contributed by atoms with Gasteiger partial charge in [-0.2, -0.15) is 0 Å². The van der Waals surface area contributed by atoms with Gasteiger partial charge in [-0.05, 0) is 56.6 Å². The molecular formula is C21H26N2O. The molecule has 0 bridgehead atoms. The molecule has 0 spiro atoms. The summed E-state index contributed by atoms with van der Waals surface area (Å²) in [7, 11) is 2.12. The third kappa shape index (κ3) is 3.85. The van der Waals surface area contributed by atoms with E-state index < -0.39 is 0 Å². The van der Waals surface area contributed by atoms with Crippen LogP contribution in [-0.4, -0.2) is 30.9 Å². The number of hydrogen-bond acceptors (Lipinski definition) is 2. The van der Waals surface area contributed by atoms with E-state index in [-0.39, 0.29) is 17.9 Å². The maximum Gasteiger partial charge on any atom is 0.223 e. The van der Waals surface area contributed by atoms with Crippen molar-refractivity contribution in [2.75, 3.05) is 20.1 Å². The standard InChI is InChI=1S/C21H26N2O/c1-16-8-6-7-11-19(16)20(17-9-4-3-5-10-17)22-21(24)18-12-14-23(2)15-13-18/h3-11,18,20H,12-15H2,1-2H3,(H,22,24)/t20-/m0/s1. The summed E-state index contributed by atoms with van der Waals surface area (Å²) in [4.78, 5) is 15.1. The van der Waals surface area contributed by atoms with Gasteiger partial charge in [-0.3, -0.25) is 4.79 Å². The minimum atomic E-state index is -0.0837. The minimum absolute atomic E-state index is 0.0837. The number of nitrogens with one attached hydrogen (secondary N) is 1. The number of nitrogens with zero attached hydrogens (tertiary/aromatic N) is 1. The second kappa shape index (κ2) is 7.63. The van der Waals surface area contributed by atoms with E-state index in [1.807, 2.05) is 30.3 Å². The average Bonchev–Trinajstić information content (AvgIpc) is 2.61. The molecular weight excluding hydrogens is 296 g/mol. The number of carbonyl (C=O) groups excluding carboxylic acids is 1. The second-order valence-electron chi connectivity index (χ2n) is 6.79. The summed E-state index contributed by atoms with van der Waals surface area (Å²) >= 11 is 0. The normalized spacial score (nSPS) is 17.4. The average molecular weight is 322 g/mol. The molecule has 2 aromatic carbocycles. The lowest BCUT2D eigenvalue weighted by Gasteiger charge is -2.30. The highest BCUT2D eigenvalue weighted by Gasteiger charge is 2.26. The molecule has 1 aliphatic rings. The van der Waals surface area contributed by atoms with E-state index in [0.717, 1.165) is 31.5 Å². The third-order valence-corrected chi connectivity index (χ3v) is 5.01. The maximum absolute atomic E-state index is 12.8. The van der Waals surface area contributed by atoms with Crippen LogP contribution in [0, 0.1) is 12.8 Å². The summed E-state index contributed by atoms with van der Waals surface area (Å²) in [5, 5.41) is 3.32. The van der Waals surface area contributed by atoms with Gasteiger partial charge in [-0.15, -0.1) is 0 Å². The van der Waals surface area contributed by atoms with Crippen LogP contribution >= 0.6 is 0 Å². The lowest BCUT2D eigenvalue weighted by Crippen LogP contribution is -2.40. The predicted molar refractivity (Wildman–Crippen MR) is 97.8 cm³/mol. The largest absolute Gasteiger partial charge is 0.345 e. The Kier molecular flexibility index (Phi) is 5.31. The van der Waals surface area contributed by atoms with Crippen LogP contribution in [0.15, 0.2) is 54.6 Å². The van der Waals surface area contributed by atoms with Gasteiger partial charge in [0.25, 0.3) is 0 Å². The van der Waals surface area contributed by atoms with Gasteiger partial charge in [-0.25, -0.2) is 0 Å². The van der Waals surface area contributed by atoms with Crippen molar-refractivity contribution in [3.05, 3.63) is 71.3 Å². The van der Waals surface area contributed by atoms with Crippen molar-refractivity contribution in [1.29, 1.82) is 0 Å². The number of likely N-dealkylation sites (tertiary alicyclic amines) is 1. The Hall–Kier alpha value is -2.13. The van der Waals surface area contributed by atoms with Gasteiger partial charge in [0.15, 0.2) is 0 Å². The molecule has 0 aromatic heterocycles. The van der Waals surface area contributed by atoms with E-state index in [0.29, 0.717) is 0 Å². The number of carbonyl (C=O) groups is 1. The molecule has 1 saturated heterocycles. The molecule has 1 atom stereocenters. The molecule has 0 unspecified atom stereocenters. The number of rotatable bonds is 4. The quantitative estimate of drug-likeness (QED) is 0.934. The van der Waals surface area contributed by atoms with Crippen molar-refractivity contribution >= 4 is 5.91 Å². The van der Waals surface area contributed by atoms with E-state index in [1.54, 1.807) is 0 Å². The Morgan fingerprint density at radius 1 is 1.04 bits per heavy atom. The van der Waals surface area contributed by atoms with Crippen LogP contribution in [0.4, 0.5) is 0 Å². The lowest BCUT2D eigenvalue weighted by molar-refractivity contribution is -0.126. The Morgan fingerprint density at radius 3 is 2.33 bits per heavy atom. The molecule has 0 aliphatic carbocycles. The van der Waals surface area contributed by atoms with E-state index in [4.69, 9.17) is 0 Å². The van der Waals surface area contributed by atoms with Gasteiger partial charge < -0.3 is 10.2 Å². The Balaban J connectivity index is 1.83. The van der Waals surface area contributed by atoms with Crippen molar-refractivity contribution in [3.8, 4) is 0 Å².